The summed E-state index contributed by atoms with van der Waals surface area (Å²) in [6, 6.07) is 2.08. The van der Waals surface area contributed by atoms with E-state index in [1.165, 1.54) is 6.07 Å². The highest BCUT2D eigenvalue weighted by Crippen LogP contribution is 2.16. The normalized spacial score (nSPS) is 12.9. The van der Waals surface area contributed by atoms with Crippen molar-refractivity contribution < 1.29 is 18.3 Å². The minimum Gasteiger partial charge on any atom is -0.393 e. The number of hydrogen-bond acceptors (Lipinski definition) is 1. The molecule has 0 bridgehead atoms. The van der Waals surface area contributed by atoms with Gasteiger partial charge in [-0.05, 0) is 31.4 Å². The second-order valence-corrected chi connectivity index (χ2v) is 3.22. The van der Waals surface area contributed by atoms with Crippen molar-refractivity contribution in [3.05, 3.63) is 35.1 Å². The molecule has 1 aromatic carbocycles. The summed E-state index contributed by atoms with van der Waals surface area (Å²) in [5.41, 5.74) is 0.0878. The van der Waals surface area contributed by atoms with Crippen LogP contribution in [0.3, 0.4) is 0 Å². The first-order valence-electron chi connectivity index (χ1n) is 4.32. The molecule has 1 aromatic rings. The Hall–Kier alpha value is -1.03. The monoisotopic (exact) mass is 204 g/mol. The van der Waals surface area contributed by atoms with Crippen molar-refractivity contribution in [3.63, 3.8) is 0 Å². The second-order valence-electron chi connectivity index (χ2n) is 3.22. The van der Waals surface area contributed by atoms with E-state index in [0.29, 0.717) is 6.42 Å². The molecule has 0 aromatic heterocycles. The van der Waals surface area contributed by atoms with Crippen LogP contribution in [0.5, 0.6) is 0 Å². The van der Waals surface area contributed by atoms with E-state index >= 15 is 0 Å². The van der Waals surface area contributed by atoms with E-state index in [9.17, 15) is 13.2 Å². The zero-order valence-electron chi connectivity index (χ0n) is 7.73. The Bertz CT molecular complexity index is 323. The summed E-state index contributed by atoms with van der Waals surface area (Å²) in [4.78, 5) is 0. The lowest BCUT2D eigenvalue weighted by Crippen LogP contribution is -2.04. The number of hydrogen-bond donors (Lipinski definition) is 1. The molecule has 0 unspecified atom stereocenters. The number of aliphatic hydroxyl groups excluding tert-OH is 1. The molecule has 1 nitrogen and oxygen atoms in total. The molecule has 0 aliphatic carbocycles. The van der Waals surface area contributed by atoms with Gasteiger partial charge >= 0.3 is 0 Å². The summed E-state index contributed by atoms with van der Waals surface area (Å²) < 4.78 is 38.2. The van der Waals surface area contributed by atoms with Crippen molar-refractivity contribution in [3.8, 4) is 0 Å². The van der Waals surface area contributed by atoms with Gasteiger partial charge in [0.2, 0.25) is 0 Å². The van der Waals surface area contributed by atoms with Crippen LogP contribution >= 0.6 is 0 Å². The highest BCUT2D eigenvalue weighted by atomic mass is 19.2. The van der Waals surface area contributed by atoms with Crippen LogP contribution in [0.25, 0.3) is 0 Å². The maximum atomic E-state index is 13.0. The minimum absolute atomic E-state index is 0.0878. The van der Waals surface area contributed by atoms with Gasteiger partial charge in [-0.15, -0.1) is 0 Å². The summed E-state index contributed by atoms with van der Waals surface area (Å²) >= 11 is 0. The highest BCUT2D eigenvalue weighted by molar-refractivity contribution is 5.20. The molecule has 0 aliphatic rings. The minimum atomic E-state index is -1.45. The number of benzene rings is 1. The van der Waals surface area contributed by atoms with E-state index in [1.807, 2.05) is 0 Å². The molecule has 0 spiro atoms. The summed E-state index contributed by atoms with van der Waals surface area (Å²) in [7, 11) is 0. The fourth-order valence-corrected chi connectivity index (χ4v) is 1.12. The fraction of sp³-hybridized carbons (Fsp3) is 0.400. The first-order valence-corrected chi connectivity index (χ1v) is 4.32. The molecular formula is C10H11F3O. The van der Waals surface area contributed by atoms with Crippen LogP contribution in [-0.2, 0) is 6.42 Å². The molecule has 14 heavy (non-hydrogen) atoms. The Morgan fingerprint density at radius 2 is 1.86 bits per heavy atom. The molecule has 0 fully saturated rings. The van der Waals surface area contributed by atoms with Gasteiger partial charge in [0, 0.05) is 0 Å². The molecule has 0 aliphatic heterocycles. The number of rotatable bonds is 3. The van der Waals surface area contributed by atoms with Crippen molar-refractivity contribution in [2.75, 3.05) is 0 Å². The zero-order valence-corrected chi connectivity index (χ0v) is 7.73. The predicted octanol–water partition coefficient (Wildman–Crippen LogP) is 2.42. The van der Waals surface area contributed by atoms with Gasteiger partial charge in [-0.3, -0.25) is 0 Å². The predicted molar refractivity (Wildman–Crippen MR) is 46.3 cm³/mol. The molecule has 0 amide bonds. The van der Waals surface area contributed by atoms with E-state index in [2.05, 4.69) is 0 Å². The van der Waals surface area contributed by atoms with Gasteiger partial charge < -0.3 is 5.11 Å². The third-order valence-corrected chi connectivity index (χ3v) is 1.95. The van der Waals surface area contributed by atoms with Gasteiger partial charge in [-0.25, -0.2) is 13.2 Å². The van der Waals surface area contributed by atoms with Crippen molar-refractivity contribution >= 4 is 0 Å². The molecule has 0 saturated heterocycles. The molecule has 4 heteroatoms. The van der Waals surface area contributed by atoms with Gasteiger partial charge in [0.25, 0.3) is 0 Å². The fourth-order valence-electron chi connectivity index (χ4n) is 1.12. The third kappa shape index (κ3) is 2.48. The van der Waals surface area contributed by atoms with Crippen molar-refractivity contribution in [1.29, 1.82) is 0 Å². The standard InChI is InChI=1S/C10H11F3O/c1-6(14)2-3-7-4-5-8(11)10(13)9(7)12/h4-6,14H,2-3H2,1H3/t6-/m1/s1. The quantitative estimate of drug-likeness (QED) is 0.749. The molecular weight excluding hydrogens is 193 g/mol. The first-order chi connectivity index (χ1) is 6.52. The maximum absolute atomic E-state index is 13.0. The summed E-state index contributed by atoms with van der Waals surface area (Å²) in [6.07, 6.45) is -0.0644. The lowest BCUT2D eigenvalue weighted by molar-refractivity contribution is 0.184. The lowest BCUT2D eigenvalue weighted by Gasteiger charge is -2.06. The highest BCUT2D eigenvalue weighted by Gasteiger charge is 2.13. The average Bonchev–Trinajstić information content (AvgIpc) is 2.13. The van der Waals surface area contributed by atoms with Crippen molar-refractivity contribution in [1.82, 2.24) is 0 Å². The van der Waals surface area contributed by atoms with Crippen LogP contribution in [0.4, 0.5) is 13.2 Å². The first kappa shape index (κ1) is 11.0. The molecule has 1 atom stereocenters. The van der Waals surface area contributed by atoms with Gasteiger partial charge in [-0.2, -0.15) is 0 Å². The average molecular weight is 204 g/mol. The molecule has 0 saturated carbocycles. The van der Waals surface area contributed by atoms with E-state index in [0.717, 1.165) is 6.07 Å². The Kier molecular flexibility index (Phi) is 3.52. The Labute approximate surface area is 80.2 Å². The molecule has 78 valence electrons. The van der Waals surface area contributed by atoms with Crippen LogP contribution in [-0.4, -0.2) is 11.2 Å². The zero-order chi connectivity index (χ0) is 10.7. The second kappa shape index (κ2) is 4.46. The lowest BCUT2D eigenvalue weighted by atomic mass is 10.1. The maximum Gasteiger partial charge on any atom is 0.194 e. The van der Waals surface area contributed by atoms with Crippen LogP contribution in [0.15, 0.2) is 12.1 Å². The molecule has 1 N–H and O–H groups in total. The van der Waals surface area contributed by atoms with Crippen LogP contribution in [0, 0.1) is 17.5 Å². The molecule has 0 heterocycles. The summed E-state index contributed by atoms with van der Waals surface area (Å²) in [5.74, 6) is -3.80. The summed E-state index contributed by atoms with van der Waals surface area (Å²) in [6.45, 7) is 1.55. The van der Waals surface area contributed by atoms with E-state index in [-0.39, 0.29) is 12.0 Å². The van der Waals surface area contributed by atoms with E-state index in [1.54, 1.807) is 6.92 Å². The number of aryl methyl sites for hydroxylation is 1. The van der Waals surface area contributed by atoms with Gasteiger partial charge in [0.15, 0.2) is 17.5 Å². The van der Waals surface area contributed by atoms with Gasteiger partial charge in [0.05, 0.1) is 6.10 Å². The van der Waals surface area contributed by atoms with Crippen LogP contribution in [0.1, 0.15) is 18.9 Å². The smallest absolute Gasteiger partial charge is 0.194 e. The topological polar surface area (TPSA) is 20.2 Å². The number of halogens is 3. The summed E-state index contributed by atoms with van der Waals surface area (Å²) in [5, 5.41) is 8.94. The van der Waals surface area contributed by atoms with Gasteiger partial charge in [-0.1, -0.05) is 6.07 Å². The largest absolute Gasteiger partial charge is 0.393 e. The Morgan fingerprint density at radius 3 is 2.43 bits per heavy atom. The van der Waals surface area contributed by atoms with E-state index < -0.39 is 23.6 Å². The van der Waals surface area contributed by atoms with Crippen LogP contribution < -0.4 is 0 Å². The van der Waals surface area contributed by atoms with E-state index in [4.69, 9.17) is 5.11 Å². The third-order valence-electron chi connectivity index (χ3n) is 1.95. The SMILES string of the molecule is C[C@@H](O)CCc1ccc(F)c(F)c1F. The Balaban J connectivity index is 2.83. The van der Waals surface area contributed by atoms with Crippen LogP contribution in [0.2, 0.25) is 0 Å². The van der Waals surface area contributed by atoms with Crippen molar-refractivity contribution in [2.45, 2.75) is 25.9 Å². The van der Waals surface area contributed by atoms with Gasteiger partial charge in [0.1, 0.15) is 0 Å². The Morgan fingerprint density at radius 1 is 1.21 bits per heavy atom. The van der Waals surface area contributed by atoms with Crippen molar-refractivity contribution in [2.24, 2.45) is 0 Å². The number of aliphatic hydroxyl groups is 1. The molecule has 0 radical (unpaired) electrons. The molecule has 1 rings (SSSR count).